The average molecular weight is 292 g/mol. The van der Waals surface area contributed by atoms with Crippen LogP contribution in [0.25, 0.3) is 0 Å². The highest BCUT2D eigenvalue weighted by Crippen LogP contribution is 2.28. The van der Waals surface area contributed by atoms with E-state index in [1.165, 1.54) is 13.2 Å². The van der Waals surface area contributed by atoms with E-state index in [0.717, 1.165) is 17.7 Å². The molecule has 0 bridgehead atoms. The molecule has 0 atom stereocenters. The second kappa shape index (κ2) is 6.35. The number of hydrogen-bond donors (Lipinski definition) is 0. The first-order valence-corrected chi connectivity index (χ1v) is 6.27. The predicted octanol–water partition coefficient (Wildman–Crippen LogP) is 3.54. The van der Waals surface area contributed by atoms with Gasteiger partial charge in [0.25, 0.3) is 0 Å². The molecular formula is C16H14F2O3. The molecule has 2 aromatic carbocycles. The van der Waals surface area contributed by atoms with Crippen molar-refractivity contribution in [3.05, 3.63) is 59.2 Å². The summed E-state index contributed by atoms with van der Waals surface area (Å²) in [5, 5.41) is 0. The molecule has 0 spiro atoms. The highest BCUT2D eigenvalue weighted by atomic mass is 19.1. The van der Waals surface area contributed by atoms with Crippen molar-refractivity contribution in [3.63, 3.8) is 0 Å². The third kappa shape index (κ3) is 3.37. The summed E-state index contributed by atoms with van der Waals surface area (Å²) in [7, 11) is 1.47. The van der Waals surface area contributed by atoms with Crippen LogP contribution in [-0.2, 0) is 0 Å². The molecule has 0 heterocycles. The Morgan fingerprint density at radius 2 is 1.76 bits per heavy atom. The van der Waals surface area contributed by atoms with Gasteiger partial charge in [-0.1, -0.05) is 12.1 Å². The maximum Gasteiger partial charge on any atom is 0.206 e. The minimum Gasteiger partial charge on any atom is -0.493 e. The zero-order valence-electron chi connectivity index (χ0n) is 11.7. The fraction of sp³-hybridized carbons (Fsp3) is 0.188. The van der Waals surface area contributed by atoms with Gasteiger partial charge in [0.05, 0.1) is 12.7 Å². The van der Waals surface area contributed by atoms with Gasteiger partial charge in [-0.05, 0) is 36.8 Å². The number of ketones is 1. The first-order valence-electron chi connectivity index (χ1n) is 6.27. The first kappa shape index (κ1) is 15.0. The van der Waals surface area contributed by atoms with Crippen LogP contribution in [0.2, 0.25) is 0 Å². The quantitative estimate of drug-likeness (QED) is 0.791. The Morgan fingerprint density at radius 3 is 2.38 bits per heavy atom. The Kier molecular flexibility index (Phi) is 4.52. The third-order valence-corrected chi connectivity index (χ3v) is 2.92. The van der Waals surface area contributed by atoms with Crippen molar-refractivity contribution in [2.45, 2.75) is 6.92 Å². The van der Waals surface area contributed by atoms with Gasteiger partial charge in [-0.2, -0.15) is 0 Å². The van der Waals surface area contributed by atoms with Gasteiger partial charge < -0.3 is 9.47 Å². The van der Waals surface area contributed by atoms with Crippen LogP contribution in [0.4, 0.5) is 8.78 Å². The van der Waals surface area contributed by atoms with E-state index in [9.17, 15) is 13.6 Å². The van der Waals surface area contributed by atoms with Crippen molar-refractivity contribution in [2.24, 2.45) is 0 Å². The number of Topliss-reactive ketones (excluding diaryl/α,β-unsaturated/α-hetero) is 1. The molecule has 0 aliphatic rings. The monoisotopic (exact) mass is 292 g/mol. The lowest BCUT2D eigenvalue weighted by atomic mass is 10.1. The number of benzene rings is 2. The van der Waals surface area contributed by atoms with Gasteiger partial charge in [0.2, 0.25) is 5.78 Å². The second-order valence-corrected chi connectivity index (χ2v) is 4.46. The Hall–Kier alpha value is -2.43. The van der Waals surface area contributed by atoms with E-state index in [1.54, 1.807) is 18.2 Å². The van der Waals surface area contributed by atoms with Gasteiger partial charge in [0.15, 0.2) is 18.1 Å². The second-order valence-electron chi connectivity index (χ2n) is 4.46. The molecule has 21 heavy (non-hydrogen) atoms. The molecular weight excluding hydrogens is 278 g/mol. The van der Waals surface area contributed by atoms with E-state index >= 15 is 0 Å². The number of carbonyl (C=O) groups is 1. The maximum atomic E-state index is 13.5. The molecule has 2 rings (SSSR count). The van der Waals surface area contributed by atoms with E-state index in [1.807, 2.05) is 6.92 Å². The Bertz CT molecular complexity index is 648. The normalized spacial score (nSPS) is 10.3. The molecule has 0 saturated heterocycles. The fourth-order valence-electron chi connectivity index (χ4n) is 1.87. The maximum absolute atomic E-state index is 13.5. The summed E-state index contributed by atoms with van der Waals surface area (Å²) in [5.41, 5.74) is 0.370. The summed E-state index contributed by atoms with van der Waals surface area (Å²) < 4.78 is 37.4. The van der Waals surface area contributed by atoms with E-state index < -0.39 is 29.6 Å². The minimum atomic E-state index is -0.903. The van der Waals surface area contributed by atoms with Gasteiger partial charge in [-0.15, -0.1) is 0 Å². The Balaban J connectivity index is 2.15. The van der Waals surface area contributed by atoms with Crippen LogP contribution >= 0.6 is 0 Å². The zero-order valence-corrected chi connectivity index (χ0v) is 11.7. The average Bonchev–Trinajstić information content (AvgIpc) is 2.45. The van der Waals surface area contributed by atoms with Crippen LogP contribution in [0, 0.1) is 18.6 Å². The standard InChI is InChI=1S/C16H14F2O3/c1-10-6-7-14(15(8-10)20-2)21-9-13(19)16-11(17)4-3-5-12(16)18/h3-8H,9H2,1-2H3. The number of methoxy groups -OCH3 is 1. The Labute approximate surface area is 121 Å². The molecule has 0 aromatic heterocycles. The molecule has 0 aliphatic heterocycles. The van der Waals surface area contributed by atoms with Crippen molar-refractivity contribution in [3.8, 4) is 11.5 Å². The smallest absolute Gasteiger partial charge is 0.206 e. The van der Waals surface area contributed by atoms with Crippen LogP contribution in [0.3, 0.4) is 0 Å². The molecule has 5 heteroatoms. The summed E-state index contributed by atoms with van der Waals surface area (Å²) >= 11 is 0. The van der Waals surface area contributed by atoms with Crippen LogP contribution < -0.4 is 9.47 Å². The van der Waals surface area contributed by atoms with Crippen molar-refractivity contribution < 1.29 is 23.0 Å². The van der Waals surface area contributed by atoms with Crippen molar-refractivity contribution >= 4 is 5.78 Å². The molecule has 0 N–H and O–H groups in total. The summed E-state index contributed by atoms with van der Waals surface area (Å²) in [4.78, 5) is 11.9. The van der Waals surface area contributed by atoms with Gasteiger partial charge in [-0.3, -0.25) is 4.79 Å². The van der Waals surface area contributed by atoms with Crippen LogP contribution in [0.1, 0.15) is 15.9 Å². The summed E-state index contributed by atoms with van der Waals surface area (Å²) in [6, 6.07) is 8.42. The number of aryl methyl sites for hydroxylation is 1. The number of carbonyl (C=O) groups excluding carboxylic acids is 1. The number of halogens is 2. The number of hydrogen-bond acceptors (Lipinski definition) is 3. The number of rotatable bonds is 5. The van der Waals surface area contributed by atoms with Gasteiger partial charge >= 0.3 is 0 Å². The molecule has 2 aromatic rings. The van der Waals surface area contributed by atoms with Crippen molar-refractivity contribution in [2.75, 3.05) is 13.7 Å². The zero-order chi connectivity index (χ0) is 15.4. The van der Waals surface area contributed by atoms with Gasteiger partial charge in [0, 0.05) is 0 Å². The molecule has 0 saturated carbocycles. The van der Waals surface area contributed by atoms with Crippen molar-refractivity contribution in [1.82, 2.24) is 0 Å². The molecule has 0 amide bonds. The Morgan fingerprint density at radius 1 is 1.10 bits per heavy atom. The van der Waals surface area contributed by atoms with Gasteiger partial charge in [-0.25, -0.2) is 8.78 Å². The molecule has 3 nitrogen and oxygen atoms in total. The minimum absolute atomic E-state index is 0.341. The largest absolute Gasteiger partial charge is 0.493 e. The first-order chi connectivity index (χ1) is 10.0. The van der Waals surface area contributed by atoms with Crippen LogP contribution in [0.5, 0.6) is 11.5 Å². The number of ether oxygens (including phenoxy) is 2. The lowest BCUT2D eigenvalue weighted by molar-refractivity contribution is 0.0911. The summed E-state index contributed by atoms with van der Waals surface area (Å²) in [6.45, 7) is 1.41. The molecule has 0 aliphatic carbocycles. The summed E-state index contributed by atoms with van der Waals surface area (Å²) in [5.74, 6) is -1.78. The van der Waals surface area contributed by atoms with Crippen LogP contribution in [-0.4, -0.2) is 19.5 Å². The lowest BCUT2D eigenvalue weighted by Crippen LogP contribution is -2.15. The highest BCUT2D eigenvalue weighted by Gasteiger charge is 2.18. The molecule has 110 valence electrons. The van der Waals surface area contributed by atoms with E-state index in [-0.39, 0.29) is 0 Å². The summed E-state index contributed by atoms with van der Waals surface area (Å²) in [6.07, 6.45) is 0. The SMILES string of the molecule is COc1cc(C)ccc1OCC(=O)c1c(F)cccc1F. The van der Waals surface area contributed by atoms with E-state index in [4.69, 9.17) is 9.47 Å². The lowest BCUT2D eigenvalue weighted by Gasteiger charge is -2.11. The molecule has 0 fully saturated rings. The molecule has 0 radical (unpaired) electrons. The third-order valence-electron chi connectivity index (χ3n) is 2.92. The topological polar surface area (TPSA) is 35.5 Å². The molecule has 0 unspecified atom stereocenters. The van der Waals surface area contributed by atoms with E-state index in [0.29, 0.717) is 11.5 Å². The van der Waals surface area contributed by atoms with Crippen LogP contribution in [0.15, 0.2) is 36.4 Å². The van der Waals surface area contributed by atoms with Crippen molar-refractivity contribution in [1.29, 1.82) is 0 Å². The predicted molar refractivity (Wildman–Crippen MR) is 73.9 cm³/mol. The fourth-order valence-corrected chi connectivity index (χ4v) is 1.87. The van der Waals surface area contributed by atoms with E-state index in [2.05, 4.69) is 0 Å². The highest BCUT2D eigenvalue weighted by molar-refractivity contribution is 5.97. The van der Waals surface area contributed by atoms with Gasteiger partial charge in [0.1, 0.15) is 11.6 Å².